The van der Waals surface area contributed by atoms with Gasteiger partial charge in [0.15, 0.2) is 5.82 Å². The fourth-order valence-electron chi connectivity index (χ4n) is 2.26. The predicted octanol–water partition coefficient (Wildman–Crippen LogP) is 3.14. The van der Waals surface area contributed by atoms with Crippen LogP contribution >= 0.6 is 11.6 Å². The molecule has 0 aliphatic rings. The van der Waals surface area contributed by atoms with E-state index in [4.69, 9.17) is 20.9 Å². The highest BCUT2D eigenvalue weighted by Crippen LogP contribution is 2.27. The van der Waals surface area contributed by atoms with E-state index in [0.29, 0.717) is 40.4 Å². The number of carbonyl (C=O) groups is 1. The zero-order valence-electron chi connectivity index (χ0n) is 13.1. The molecular formula is C16H15ClN4O3. The molecule has 24 heavy (non-hydrogen) atoms. The van der Waals surface area contributed by atoms with Gasteiger partial charge in [-0.3, -0.25) is 4.79 Å². The highest BCUT2D eigenvalue weighted by molar-refractivity contribution is 6.32. The molecule has 2 aromatic heterocycles. The van der Waals surface area contributed by atoms with Gasteiger partial charge >= 0.3 is 0 Å². The number of halogens is 1. The molecule has 0 atom stereocenters. The van der Waals surface area contributed by atoms with Crippen molar-refractivity contribution in [1.82, 2.24) is 14.7 Å². The lowest BCUT2D eigenvalue weighted by Crippen LogP contribution is -2.17. The summed E-state index contributed by atoms with van der Waals surface area (Å²) < 4.78 is 11.8. The second-order valence-corrected chi connectivity index (χ2v) is 5.46. The molecule has 7 nitrogen and oxygen atoms in total. The van der Waals surface area contributed by atoms with E-state index in [-0.39, 0.29) is 5.91 Å². The van der Waals surface area contributed by atoms with E-state index in [0.717, 1.165) is 0 Å². The molecule has 0 aliphatic carbocycles. The van der Waals surface area contributed by atoms with E-state index in [1.807, 2.05) is 0 Å². The Labute approximate surface area is 143 Å². The Bertz CT molecular complexity index is 872. The number of rotatable bonds is 5. The third-order valence-corrected chi connectivity index (χ3v) is 3.65. The molecule has 1 N–H and O–H groups in total. The molecule has 8 heteroatoms. The SMILES string of the molecule is COc1ccc(NC(=O)c2cccn2Cc2noc(C)n2)cc1Cl. The number of ether oxygens (including phenoxy) is 1. The molecule has 0 spiro atoms. The summed E-state index contributed by atoms with van der Waals surface area (Å²) in [7, 11) is 1.53. The standard InChI is InChI=1S/C16H15ClN4O3/c1-10-18-15(20-24-10)9-21-7-3-4-13(21)16(22)19-11-5-6-14(23-2)12(17)8-11/h3-8H,9H2,1-2H3,(H,19,22). The largest absolute Gasteiger partial charge is 0.495 e. The van der Waals surface area contributed by atoms with Crippen molar-refractivity contribution in [2.24, 2.45) is 0 Å². The average Bonchev–Trinajstić information content (AvgIpc) is 3.17. The average molecular weight is 347 g/mol. The number of aryl methyl sites for hydroxylation is 1. The summed E-state index contributed by atoms with van der Waals surface area (Å²) in [4.78, 5) is 16.6. The summed E-state index contributed by atoms with van der Waals surface area (Å²) in [6.45, 7) is 2.06. The van der Waals surface area contributed by atoms with Gasteiger partial charge < -0.3 is 19.1 Å². The van der Waals surface area contributed by atoms with Gasteiger partial charge in [-0.15, -0.1) is 0 Å². The minimum atomic E-state index is -0.263. The Balaban J connectivity index is 1.76. The highest BCUT2D eigenvalue weighted by Gasteiger charge is 2.14. The van der Waals surface area contributed by atoms with Gasteiger partial charge in [-0.2, -0.15) is 4.98 Å². The van der Waals surface area contributed by atoms with Gasteiger partial charge in [0.1, 0.15) is 11.4 Å². The first-order valence-electron chi connectivity index (χ1n) is 7.16. The van der Waals surface area contributed by atoms with Crippen molar-refractivity contribution in [3.05, 3.63) is 59.0 Å². The predicted molar refractivity (Wildman–Crippen MR) is 88.5 cm³/mol. The Morgan fingerprint density at radius 3 is 2.92 bits per heavy atom. The second kappa shape index (κ2) is 6.76. The maximum absolute atomic E-state index is 12.5. The lowest BCUT2D eigenvalue weighted by atomic mass is 10.3. The van der Waals surface area contributed by atoms with Crippen LogP contribution in [0.25, 0.3) is 0 Å². The summed E-state index contributed by atoms with van der Waals surface area (Å²) in [5, 5.41) is 7.06. The van der Waals surface area contributed by atoms with Gasteiger partial charge in [0, 0.05) is 18.8 Å². The maximum Gasteiger partial charge on any atom is 0.272 e. The van der Waals surface area contributed by atoms with E-state index in [2.05, 4.69) is 15.5 Å². The van der Waals surface area contributed by atoms with Crippen molar-refractivity contribution in [2.75, 3.05) is 12.4 Å². The summed E-state index contributed by atoms with van der Waals surface area (Å²) in [6.07, 6.45) is 1.78. The van der Waals surface area contributed by atoms with Crippen molar-refractivity contribution < 1.29 is 14.1 Å². The molecule has 0 aliphatic heterocycles. The molecule has 1 amide bonds. The van der Waals surface area contributed by atoms with Crippen LogP contribution in [0, 0.1) is 6.92 Å². The topological polar surface area (TPSA) is 82.2 Å². The van der Waals surface area contributed by atoms with Crippen LogP contribution < -0.4 is 10.1 Å². The van der Waals surface area contributed by atoms with E-state index in [9.17, 15) is 4.79 Å². The van der Waals surface area contributed by atoms with Crippen LogP contribution in [0.2, 0.25) is 5.02 Å². The van der Waals surface area contributed by atoms with Crippen LogP contribution in [0.4, 0.5) is 5.69 Å². The fraction of sp³-hybridized carbons (Fsp3) is 0.188. The number of nitrogens with zero attached hydrogens (tertiary/aromatic N) is 3. The van der Waals surface area contributed by atoms with Crippen molar-refractivity contribution in [3.8, 4) is 5.75 Å². The first-order valence-corrected chi connectivity index (χ1v) is 7.54. The van der Waals surface area contributed by atoms with Crippen LogP contribution in [0.1, 0.15) is 22.2 Å². The Hall–Kier alpha value is -2.80. The van der Waals surface area contributed by atoms with Crippen LogP contribution in [0.15, 0.2) is 41.1 Å². The molecule has 3 aromatic rings. The summed E-state index contributed by atoms with van der Waals surface area (Å²) in [6, 6.07) is 8.54. The van der Waals surface area contributed by atoms with Gasteiger partial charge in [0.25, 0.3) is 5.91 Å². The number of hydrogen-bond donors (Lipinski definition) is 1. The molecule has 0 saturated carbocycles. The molecular weight excluding hydrogens is 332 g/mol. The monoisotopic (exact) mass is 346 g/mol. The first-order chi connectivity index (χ1) is 11.6. The van der Waals surface area contributed by atoms with E-state index in [1.165, 1.54) is 7.11 Å². The molecule has 124 valence electrons. The van der Waals surface area contributed by atoms with Gasteiger partial charge in [-0.05, 0) is 30.3 Å². The molecule has 1 aromatic carbocycles. The molecule has 0 bridgehead atoms. The molecule has 0 unspecified atom stereocenters. The smallest absolute Gasteiger partial charge is 0.272 e. The summed E-state index contributed by atoms with van der Waals surface area (Å²) >= 11 is 6.07. The molecule has 0 radical (unpaired) electrons. The van der Waals surface area contributed by atoms with Gasteiger partial charge in [-0.1, -0.05) is 16.8 Å². The minimum absolute atomic E-state index is 0.263. The molecule has 0 saturated heterocycles. The number of hydrogen-bond acceptors (Lipinski definition) is 5. The summed E-state index contributed by atoms with van der Waals surface area (Å²) in [5.41, 5.74) is 1.05. The fourth-order valence-corrected chi connectivity index (χ4v) is 2.51. The van der Waals surface area contributed by atoms with E-state index in [1.54, 1.807) is 48.0 Å². The lowest BCUT2D eigenvalue weighted by molar-refractivity contribution is 0.101. The van der Waals surface area contributed by atoms with Gasteiger partial charge in [0.05, 0.1) is 18.7 Å². The second-order valence-electron chi connectivity index (χ2n) is 5.05. The summed E-state index contributed by atoms with van der Waals surface area (Å²) in [5.74, 6) is 1.27. The van der Waals surface area contributed by atoms with Crippen molar-refractivity contribution >= 4 is 23.2 Å². The first kappa shape index (κ1) is 16.1. The number of methoxy groups -OCH3 is 1. The van der Waals surface area contributed by atoms with Gasteiger partial charge in [-0.25, -0.2) is 0 Å². The molecule has 3 rings (SSSR count). The highest BCUT2D eigenvalue weighted by atomic mass is 35.5. The Morgan fingerprint density at radius 1 is 1.42 bits per heavy atom. The number of nitrogens with one attached hydrogen (secondary N) is 1. The van der Waals surface area contributed by atoms with Crippen molar-refractivity contribution in [2.45, 2.75) is 13.5 Å². The number of carbonyl (C=O) groups excluding carboxylic acids is 1. The lowest BCUT2D eigenvalue weighted by Gasteiger charge is -2.10. The quantitative estimate of drug-likeness (QED) is 0.767. The third kappa shape index (κ3) is 3.41. The number of anilines is 1. The van der Waals surface area contributed by atoms with E-state index >= 15 is 0 Å². The molecule has 0 fully saturated rings. The Morgan fingerprint density at radius 2 is 2.25 bits per heavy atom. The van der Waals surface area contributed by atoms with E-state index < -0.39 is 0 Å². The van der Waals surface area contributed by atoms with Crippen LogP contribution in [0.5, 0.6) is 5.75 Å². The van der Waals surface area contributed by atoms with Crippen molar-refractivity contribution in [3.63, 3.8) is 0 Å². The number of benzene rings is 1. The Kier molecular flexibility index (Phi) is 4.52. The molecule has 2 heterocycles. The van der Waals surface area contributed by atoms with Crippen molar-refractivity contribution in [1.29, 1.82) is 0 Å². The van der Waals surface area contributed by atoms with Gasteiger partial charge in [0.2, 0.25) is 5.89 Å². The van der Waals surface area contributed by atoms with Crippen LogP contribution in [-0.2, 0) is 6.54 Å². The van der Waals surface area contributed by atoms with Crippen LogP contribution in [-0.4, -0.2) is 27.7 Å². The zero-order chi connectivity index (χ0) is 17.1. The van der Waals surface area contributed by atoms with Crippen LogP contribution in [0.3, 0.4) is 0 Å². The normalized spacial score (nSPS) is 10.6. The minimum Gasteiger partial charge on any atom is -0.495 e. The maximum atomic E-state index is 12.5. The third-order valence-electron chi connectivity index (χ3n) is 3.35. The number of aromatic nitrogens is 3. The zero-order valence-corrected chi connectivity index (χ0v) is 13.9. The number of amides is 1.